The molecule has 2 N–H and O–H groups in total. The zero-order valence-corrected chi connectivity index (χ0v) is 12.0. The second-order valence-electron chi connectivity index (χ2n) is 4.18. The molecule has 0 fully saturated rings. The Bertz CT molecular complexity index is 597. The molecular formula is C18H16N2O2. The zero-order valence-electron chi connectivity index (χ0n) is 12.0. The van der Waals surface area contributed by atoms with Gasteiger partial charge in [0.15, 0.2) is 0 Å². The summed E-state index contributed by atoms with van der Waals surface area (Å²) in [5.41, 5.74) is 1.73. The molecule has 0 aliphatic heterocycles. The maximum Gasteiger partial charge on any atom is 0.244 e. The monoisotopic (exact) mass is 292 g/mol. The normalized spacial score (nSPS) is 10.1. The van der Waals surface area contributed by atoms with E-state index in [9.17, 15) is 9.59 Å². The Balaban J connectivity index is 2.56. The molecule has 0 aliphatic rings. The molecule has 0 spiro atoms. The highest BCUT2D eigenvalue weighted by Gasteiger charge is 1.94. The molecule has 1 aromatic rings. The molecule has 0 aromatic heterocycles. The van der Waals surface area contributed by atoms with Gasteiger partial charge < -0.3 is 10.6 Å². The van der Waals surface area contributed by atoms with Crippen molar-refractivity contribution in [2.24, 2.45) is 0 Å². The molecule has 1 aromatic carbocycles. The lowest BCUT2D eigenvalue weighted by Crippen LogP contribution is -2.20. The van der Waals surface area contributed by atoms with Crippen molar-refractivity contribution in [3.05, 3.63) is 47.5 Å². The van der Waals surface area contributed by atoms with Crippen LogP contribution in [0.1, 0.15) is 11.1 Å². The third kappa shape index (κ3) is 6.79. The standard InChI is InChI=1S/C18H16N2O2/c1-3-13-19-17(21)11-9-15-5-7-16(8-6-15)10-12-18(22)20-14-4-2/h1-2,5-12H,13-14H2,(H,19,21)(H,20,22)/b11-9+,12-10+. The van der Waals surface area contributed by atoms with Gasteiger partial charge >= 0.3 is 0 Å². The number of carbonyl (C=O) groups excluding carboxylic acids is 2. The number of terminal acetylenes is 2. The van der Waals surface area contributed by atoms with Crippen molar-refractivity contribution in [3.8, 4) is 24.7 Å². The van der Waals surface area contributed by atoms with Gasteiger partial charge in [-0.15, -0.1) is 12.8 Å². The summed E-state index contributed by atoms with van der Waals surface area (Å²) in [4.78, 5) is 22.7. The van der Waals surface area contributed by atoms with Crippen LogP contribution >= 0.6 is 0 Å². The highest BCUT2D eigenvalue weighted by atomic mass is 16.2. The van der Waals surface area contributed by atoms with Gasteiger partial charge in [0.05, 0.1) is 13.1 Å². The van der Waals surface area contributed by atoms with Crippen molar-refractivity contribution in [1.82, 2.24) is 10.6 Å². The van der Waals surface area contributed by atoms with E-state index in [1.54, 1.807) is 12.2 Å². The van der Waals surface area contributed by atoms with Crippen molar-refractivity contribution in [2.45, 2.75) is 0 Å². The number of hydrogen-bond acceptors (Lipinski definition) is 2. The molecular weight excluding hydrogens is 276 g/mol. The lowest BCUT2D eigenvalue weighted by atomic mass is 10.1. The number of rotatable bonds is 6. The van der Waals surface area contributed by atoms with Crippen molar-refractivity contribution in [1.29, 1.82) is 0 Å². The van der Waals surface area contributed by atoms with Crippen LogP contribution < -0.4 is 10.6 Å². The Hall–Kier alpha value is -3.24. The van der Waals surface area contributed by atoms with Crippen molar-refractivity contribution in [2.75, 3.05) is 13.1 Å². The van der Waals surface area contributed by atoms with Gasteiger partial charge in [0, 0.05) is 12.2 Å². The number of hydrogen-bond donors (Lipinski definition) is 2. The van der Waals surface area contributed by atoms with Crippen LogP contribution in [0.15, 0.2) is 36.4 Å². The lowest BCUT2D eigenvalue weighted by molar-refractivity contribution is -0.117. The van der Waals surface area contributed by atoms with E-state index in [0.717, 1.165) is 11.1 Å². The molecule has 0 heterocycles. The number of carbonyl (C=O) groups is 2. The van der Waals surface area contributed by atoms with E-state index in [2.05, 4.69) is 22.5 Å². The zero-order chi connectivity index (χ0) is 16.2. The van der Waals surface area contributed by atoms with E-state index in [-0.39, 0.29) is 24.9 Å². The summed E-state index contributed by atoms with van der Waals surface area (Å²) in [6.07, 6.45) is 16.3. The first-order valence-corrected chi connectivity index (χ1v) is 6.54. The molecule has 0 unspecified atom stereocenters. The van der Waals surface area contributed by atoms with Crippen LogP contribution in [0.25, 0.3) is 12.2 Å². The van der Waals surface area contributed by atoms with E-state index in [4.69, 9.17) is 12.8 Å². The predicted molar refractivity (Wildman–Crippen MR) is 88.2 cm³/mol. The van der Waals surface area contributed by atoms with Crippen LogP contribution in [0, 0.1) is 24.7 Å². The van der Waals surface area contributed by atoms with Gasteiger partial charge in [-0.2, -0.15) is 0 Å². The molecule has 110 valence electrons. The first kappa shape index (κ1) is 16.8. The molecule has 2 amide bonds. The Kier molecular flexibility index (Phi) is 7.36. The summed E-state index contributed by atoms with van der Waals surface area (Å²) in [6.45, 7) is 0.406. The second-order valence-corrected chi connectivity index (χ2v) is 4.18. The molecule has 1 rings (SSSR count). The third-order valence-corrected chi connectivity index (χ3v) is 2.52. The summed E-state index contributed by atoms with van der Waals surface area (Å²) in [5.74, 6) is 4.16. The largest absolute Gasteiger partial charge is 0.342 e. The topological polar surface area (TPSA) is 58.2 Å². The molecule has 4 nitrogen and oxygen atoms in total. The molecule has 22 heavy (non-hydrogen) atoms. The summed E-state index contributed by atoms with van der Waals surface area (Å²) in [5, 5.41) is 5.06. The van der Waals surface area contributed by atoms with E-state index < -0.39 is 0 Å². The Morgan fingerprint density at radius 3 is 1.55 bits per heavy atom. The lowest BCUT2D eigenvalue weighted by Gasteiger charge is -1.98. The molecule has 0 aliphatic carbocycles. The van der Waals surface area contributed by atoms with Crippen LogP contribution in [0.5, 0.6) is 0 Å². The fraction of sp³-hybridized carbons (Fsp3) is 0.111. The smallest absolute Gasteiger partial charge is 0.244 e. The van der Waals surface area contributed by atoms with E-state index in [0.29, 0.717) is 0 Å². The predicted octanol–water partition coefficient (Wildman–Crippen LogP) is 1.21. The average molecular weight is 292 g/mol. The van der Waals surface area contributed by atoms with Gasteiger partial charge in [0.1, 0.15) is 0 Å². The van der Waals surface area contributed by atoms with Crippen molar-refractivity contribution >= 4 is 24.0 Å². The Morgan fingerprint density at radius 1 is 0.864 bits per heavy atom. The van der Waals surface area contributed by atoms with Crippen LogP contribution in [-0.4, -0.2) is 24.9 Å². The summed E-state index contributed by atoms with van der Waals surface area (Å²) in [6, 6.07) is 7.35. The fourth-order valence-corrected chi connectivity index (χ4v) is 1.46. The van der Waals surface area contributed by atoms with Crippen LogP contribution in [0.2, 0.25) is 0 Å². The van der Waals surface area contributed by atoms with E-state index in [1.807, 2.05) is 24.3 Å². The van der Waals surface area contributed by atoms with E-state index >= 15 is 0 Å². The van der Waals surface area contributed by atoms with Crippen LogP contribution in [0.4, 0.5) is 0 Å². The second kappa shape index (κ2) is 9.63. The molecule has 4 heteroatoms. The van der Waals surface area contributed by atoms with Crippen molar-refractivity contribution in [3.63, 3.8) is 0 Å². The first-order chi connectivity index (χ1) is 10.7. The van der Waals surface area contributed by atoms with Gasteiger partial charge in [-0.3, -0.25) is 9.59 Å². The highest BCUT2D eigenvalue weighted by Crippen LogP contribution is 2.07. The maximum absolute atomic E-state index is 11.3. The summed E-state index contributed by atoms with van der Waals surface area (Å²) >= 11 is 0. The minimum absolute atomic E-state index is 0.203. The quantitative estimate of drug-likeness (QED) is 0.611. The van der Waals surface area contributed by atoms with Gasteiger partial charge in [0.25, 0.3) is 0 Å². The molecule has 0 saturated heterocycles. The molecule has 0 bridgehead atoms. The number of amides is 2. The molecule has 0 saturated carbocycles. The SMILES string of the molecule is C#CCNC(=O)/C=C/c1ccc(/C=C/C(=O)NCC#C)cc1. The van der Waals surface area contributed by atoms with Crippen molar-refractivity contribution < 1.29 is 9.59 Å². The minimum Gasteiger partial charge on any atom is -0.342 e. The van der Waals surface area contributed by atoms with E-state index in [1.165, 1.54) is 12.2 Å². The third-order valence-electron chi connectivity index (χ3n) is 2.52. The Labute approximate surface area is 130 Å². The molecule has 0 radical (unpaired) electrons. The maximum atomic E-state index is 11.3. The Morgan fingerprint density at radius 2 is 1.23 bits per heavy atom. The summed E-state index contributed by atoms with van der Waals surface area (Å²) < 4.78 is 0. The van der Waals surface area contributed by atoms with Gasteiger partial charge in [-0.1, -0.05) is 36.1 Å². The molecule has 0 atom stereocenters. The summed E-state index contributed by atoms with van der Waals surface area (Å²) in [7, 11) is 0. The number of benzene rings is 1. The van der Waals surface area contributed by atoms with Crippen LogP contribution in [-0.2, 0) is 9.59 Å². The highest BCUT2D eigenvalue weighted by molar-refractivity contribution is 5.92. The minimum atomic E-state index is -0.243. The average Bonchev–Trinajstić information content (AvgIpc) is 2.55. The first-order valence-electron chi connectivity index (χ1n) is 6.54. The van der Waals surface area contributed by atoms with Gasteiger partial charge in [-0.25, -0.2) is 0 Å². The fourth-order valence-electron chi connectivity index (χ4n) is 1.46. The van der Waals surface area contributed by atoms with Crippen LogP contribution in [0.3, 0.4) is 0 Å². The van der Waals surface area contributed by atoms with Gasteiger partial charge in [0.2, 0.25) is 11.8 Å². The van der Waals surface area contributed by atoms with Gasteiger partial charge in [-0.05, 0) is 23.3 Å². The number of nitrogens with one attached hydrogen (secondary N) is 2.